The molecule has 1 fully saturated rings. The van der Waals surface area contributed by atoms with Crippen LogP contribution in [-0.4, -0.2) is 60.0 Å². The normalized spacial score (nSPS) is 16.6. The molecular formula is C15H26N6O. The second kappa shape index (κ2) is 8.41. The number of aromatic nitrogens is 2. The number of guanidine groups is 1. The van der Waals surface area contributed by atoms with Crippen LogP contribution in [0, 0.1) is 5.92 Å². The molecule has 1 aliphatic rings. The number of nitrogens with zero attached hydrogens (tertiary/aromatic N) is 4. The molecule has 0 radical (unpaired) electrons. The van der Waals surface area contributed by atoms with E-state index < -0.39 is 0 Å². The molecule has 1 aliphatic heterocycles. The molecule has 1 amide bonds. The summed E-state index contributed by atoms with van der Waals surface area (Å²) in [5.74, 6) is 1.57. The third-order valence-corrected chi connectivity index (χ3v) is 4.09. The number of carbonyl (C=O) groups is 1. The minimum atomic E-state index is 0.140. The van der Waals surface area contributed by atoms with E-state index in [0.717, 1.165) is 45.0 Å². The van der Waals surface area contributed by atoms with Gasteiger partial charge in [0.05, 0.1) is 6.33 Å². The second-order valence-corrected chi connectivity index (χ2v) is 5.58. The summed E-state index contributed by atoms with van der Waals surface area (Å²) in [5.41, 5.74) is 0. The molecule has 0 spiro atoms. The zero-order chi connectivity index (χ0) is 15.8. The standard InChI is InChI=1S/C15H26N6O/c1-16-14(22)11-13-3-7-21(8-4-13)15(17-2)19-6-10-20-9-5-18-12-20/h5,9,12-13H,3-4,6-8,10-11H2,1-2H3,(H,16,22)(H,17,19). The lowest BCUT2D eigenvalue weighted by Gasteiger charge is -2.34. The molecule has 2 rings (SSSR count). The smallest absolute Gasteiger partial charge is 0.220 e. The summed E-state index contributed by atoms with van der Waals surface area (Å²) in [6, 6.07) is 0. The van der Waals surface area contributed by atoms with Crippen molar-refractivity contribution in [3.8, 4) is 0 Å². The Morgan fingerprint density at radius 2 is 2.18 bits per heavy atom. The van der Waals surface area contributed by atoms with Crippen LogP contribution in [0.15, 0.2) is 23.7 Å². The Balaban J connectivity index is 1.72. The van der Waals surface area contributed by atoms with E-state index in [-0.39, 0.29) is 5.91 Å². The topological polar surface area (TPSA) is 74.5 Å². The first kappa shape index (κ1) is 16.3. The summed E-state index contributed by atoms with van der Waals surface area (Å²) >= 11 is 0. The minimum absolute atomic E-state index is 0.140. The number of piperidine rings is 1. The molecule has 2 heterocycles. The second-order valence-electron chi connectivity index (χ2n) is 5.58. The van der Waals surface area contributed by atoms with Gasteiger partial charge >= 0.3 is 0 Å². The van der Waals surface area contributed by atoms with Crippen molar-refractivity contribution in [1.82, 2.24) is 25.1 Å². The summed E-state index contributed by atoms with van der Waals surface area (Å²) in [4.78, 5) is 22.1. The van der Waals surface area contributed by atoms with Gasteiger partial charge in [0, 0.05) is 59.1 Å². The summed E-state index contributed by atoms with van der Waals surface area (Å²) in [6.07, 6.45) is 8.26. The summed E-state index contributed by atoms with van der Waals surface area (Å²) in [6.45, 7) is 3.59. The average molecular weight is 306 g/mol. The molecule has 2 N–H and O–H groups in total. The van der Waals surface area contributed by atoms with Crippen LogP contribution in [0.25, 0.3) is 0 Å². The van der Waals surface area contributed by atoms with E-state index in [1.807, 2.05) is 24.1 Å². The lowest BCUT2D eigenvalue weighted by atomic mass is 9.93. The van der Waals surface area contributed by atoms with Crippen LogP contribution in [-0.2, 0) is 11.3 Å². The molecule has 7 heteroatoms. The van der Waals surface area contributed by atoms with E-state index in [1.165, 1.54) is 0 Å². The van der Waals surface area contributed by atoms with Gasteiger partial charge in [-0.2, -0.15) is 0 Å². The Kier molecular flexibility index (Phi) is 6.24. The number of carbonyl (C=O) groups excluding carboxylic acids is 1. The van der Waals surface area contributed by atoms with Gasteiger partial charge in [-0.1, -0.05) is 0 Å². The van der Waals surface area contributed by atoms with Crippen LogP contribution >= 0.6 is 0 Å². The van der Waals surface area contributed by atoms with E-state index in [4.69, 9.17) is 0 Å². The zero-order valence-electron chi connectivity index (χ0n) is 13.5. The zero-order valence-corrected chi connectivity index (χ0v) is 13.5. The quantitative estimate of drug-likeness (QED) is 0.606. The van der Waals surface area contributed by atoms with Gasteiger partial charge in [-0.05, 0) is 18.8 Å². The molecule has 0 aliphatic carbocycles. The predicted octanol–water partition coefficient (Wildman–Crippen LogP) is 0.307. The van der Waals surface area contributed by atoms with Crippen molar-refractivity contribution < 1.29 is 4.79 Å². The fourth-order valence-corrected chi connectivity index (χ4v) is 2.76. The van der Waals surface area contributed by atoms with Crippen molar-refractivity contribution >= 4 is 11.9 Å². The lowest BCUT2D eigenvalue weighted by Crippen LogP contribution is -2.46. The first-order valence-corrected chi connectivity index (χ1v) is 7.85. The molecule has 122 valence electrons. The van der Waals surface area contributed by atoms with Crippen molar-refractivity contribution in [2.24, 2.45) is 10.9 Å². The van der Waals surface area contributed by atoms with Crippen molar-refractivity contribution in [2.45, 2.75) is 25.8 Å². The number of hydrogen-bond donors (Lipinski definition) is 2. The SMILES string of the molecule is CN=C(NCCn1ccnc1)N1CCC(CC(=O)NC)CC1. The average Bonchev–Trinajstić information content (AvgIpc) is 3.06. The summed E-state index contributed by atoms with van der Waals surface area (Å²) in [7, 11) is 3.51. The van der Waals surface area contributed by atoms with Gasteiger partial charge < -0.3 is 20.1 Å². The highest BCUT2D eigenvalue weighted by Gasteiger charge is 2.22. The van der Waals surface area contributed by atoms with E-state index in [9.17, 15) is 4.79 Å². The molecule has 0 atom stereocenters. The fraction of sp³-hybridized carbons (Fsp3) is 0.667. The Bertz CT molecular complexity index is 476. The Morgan fingerprint density at radius 1 is 1.41 bits per heavy atom. The minimum Gasteiger partial charge on any atom is -0.359 e. The number of hydrogen-bond acceptors (Lipinski definition) is 3. The fourth-order valence-electron chi connectivity index (χ4n) is 2.76. The molecule has 0 unspecified atom stereocenters. The molecule has 1 aromatic rings. The van der Waals surface area contributed by atoms with Gasteiger partial charge in [0.25, 0.3) is 0 Å². The van der Waals surface area contributed by atoms with Crippen LogP contribution in [0.1, 0.15) is 19.3 Å². The van der Waals surface area contributed by atoms with Crippen molar-refractivity contribution in [3.63, 3.8) is 0 Å². The van der Waals surface area contributed by atoms with E-state index >= 15 is 0 Å². The monoisotopic (exact) mass is 306 g/mol. The molecule has 0 aromatic carbocycles. The maximum atomic E-state index is 11.4. The van der Waals surface area contributed by atoms with Crippen LogP contribution in [0.4, 0.5) is 0 Å². The third-order valence-electron chi connectivity index (χ3n) is 4.09. The molecule has 1 saturated heterocycles. The van der Waals surface area contributed by atoms with Gasteiger partial charge in [-0.3, -0.25) is 9.79 Å². The Labute approximate surface area is 131 Å². The largest absolute Gasteiger partial charge is 0.359 e. The first-order valence-electron chi connectivity index (χ1n) is 7.85. The highest BCUT2D eigenvalue weighted by Crippen LogP contribution is 2.20. The van der Waals surface area contributed by atoms with Crippen molar-refractivity contribution in [3.05, 3.63) is 18.7 Å². The van der Waals surface area contributed by atoms with E-state index in [0.29, 0.717) is 12.3 Å². The molecular weight excluding hydrogens is 280 g/mol. The Morgan fingerprint density at radius 3 is 2.77 bits per heavy atom. The van der Waals surface area contributed by atoms with Gasteiger partial charge in [0.2, 0.25) is 5.91 Å². The predicted molar refractivity (Wildman–Crippen MR) is 86.6 cm³/mol. The number of aliphatic imine (C=N–C) groups is 1. The van der Waals surface area contributed by atoms with Gasteiger partial charge in [-0.15, -0.1) is 0 Å². The molecule has 0 bridgehead atoms. The van der Waals surface area contributed by atoms with Gasteiger partial charge in [0.1, 0.15) is 0 Å². The van der Waals surface area contributed by atoms with E-state index in [2.05, 4.69) is 25.5 Å². The molecule has 1 aromatic heterocycles. The highest BCUT2D eigenvalue weighted by molar-refractivity contribution is 5.80. The maximum Gasteiger partial charge on any atom is 0.220 e. The maximum absolute atomic E-state index is 11.4. The number of imidazole rings is 1. The van der Waals surface area contributed by atoms with Gasteiger partial charge in [-0.25, -0.2) is 4.98 Å². The van der Waals surface area contributed by atoms with Crippen molar-refractivity contribution in [2.75, 3.05) is 33.7 Å². The van der Waals surface area contributed by atoms with Crippen molar-refractivity contribution in [1.29, 1.82) is 0 Å². The van der Waals surface area contributed by atoms with Crippen LogP contribution in [0.2, 0.25) is 0 Å². The van der Waals surface area contributed by atoms with Crippen LogP contribution < -0.4 is 10.6 Å². The molecule has 0 saturated carbocycles. The summed E-state index contributed by atoms with van der Waals surface area (Å²) < 4.78 is 2.04. The third kappa shape index (κ3) is 4.75. The van der Waals surface area contributed by atoms with E-state index in [1.54, 1.807) is 13.2 Å². The number of amides is 1. The molecule has 22 heavy (non-hydrogen) atoms. The summed E-state index contributed by atoms with van der Waals surface area (Å²) in [5, 5.41) is 6.09. The first-order chi connectivity index (χ1) is 10.7. The highest BCUT2D eigenvalue weighted by atomic mass is 16.1. The van der Waals surface area contributed by atoms with Gasteiger partial charge in [0.15, 0.2) is 5.96 Å². The number of rotatable bonds is 5. The Hall–Kier alpha value is -2.05. The van der Waals surface area contributed by atoms with Crippen LogP contribution in [0.5, 0.6) is 0 Å². The number of likely N-dealkylation sites (tertiary alicyclic amines) is 1. The molecule has 7 nitrogen and oxygen atoms in total. The van der Waals surface area contributed by atoms with Crippen LogP contribution in [0.3, 0.4) is 0 Å². The lowest BCUT2D eigenvalue weighted by molar-refractivity contribution is -0.121. The number of nitrogens with one attached hydrogen (secondary N) is 2.